The zero-order valence-electron chi connectivity index (χ0n) is 26.4. The Labute approximate surface area is 269 Å². The fourth-order valence-electron chi connectivity index (χ4n) is 6.32. The van der Waals surface area contributed by atoms with Crippen LogP contribution in [0, 0.1) is 11.8 Å². The molecule has 1 unspecified atom stereocenters. The van der Waals surface area contributed by atoms with E-state index in [0.29, 0.717) is 59.9 Å². The third kappa shape index (κ3) is 6.99. The second kappa shape index (κ2) is 14.0. The number of hydrogen-bond donors (Lipinski definition) is 2. The number of carboxylic acids is 1. The van der Waals surface area contributed by atoms with E-state index in [1.165, 1.54) is 0 Å². The van der Waals surface area contributed by atoms with Crippen molar-refractivity contribution in [1.29, 1.82) is 0 Å². The minimum Gasteiger partial charge on any atom is -0.493 e. The molecule has 2 N–H and O–H groups in total. The number of aliphatic carboxylic acids is 1. The first-order valence-corrected chi connectivity index (χ1v) is 15.8. The van der Waals surface area contributed by atoms with Gasteiger partial charge in [0.05, 0.1) is 26.2 Å². The predicted octanol–water partition coefficient (Wildman–Crippen LogP) is 6.72. The highest BCUT2D eigenvalue weighted by atomic mass is 35.5. The molecule has 0 radical (unpaired) electrons. The van der Waals surface area contributed by atoms with Crippen molar-refractivity contribution < 1.29 is 33.6 Å². The van der Waals surface area contributed by atoms with E-state index >= 15 is 0 Å². The Morgan fingerprint density at radius 3 is 2.33 bits per heavy atom. The molecule has 2 aliphatic rings. The molecule has 10 heteroatoms. The van der Waals surface area contributed by atoms with Crippen LogP contribution in [0.5, 0.6) is 23.0 Å². The summed E-state index contributed by atoms with van der Waals surface area (Å²) in [7, 11) is 1.54. The molecule has 0 aromatic heterocycles. The average Bonchev–Trinajstić information content (AvgIpc) is 3.65. The van der Waals surface area contributed by atoms with E-state index in [0.717, 1.165) is 27.9 Å². The van der Waals surface area contributed by atoms with E-state index in [2.05, 4.69) is 19.2 Å². The van der Waals surface area contributed by atoms with Crippen LogP contribution in [0.1, 0.15) is 61.9 Å². The molecule has 1 fully saturated rings. The number of carbonyl (C=O) groups is 2. The summed E-state index contributed by atoms with van der Waals surface area (Å²) < 4.78 is 22.7. The van der Waals surface area contributed by atoms with Gasteiger partial charge in [0.2, 0.25) is 18.4 Å². The van der Waals surface area contributed by atoms with E-state index in [4.69, 9.17) is 30.5 Å². The number of nitrogens with zero attached hydrogens (tertiary/aromatic N) is 1. The molecule has 1 saturated heterocycles. The van der Waals surface area contributed by atoms with Crippen LogP contribution in [0.15, 0.2) is 48.5 Å². The number of carboxylic acid groups (broad SMARTS) is 1. The Kier molecular flexibility index (Phi) is 10.1. The lowest BCUT2D eigenvalue weighted by Crippen LogP contribution is -2.35. The molecule has 0 spiro atoms. The minimum absolute atomic E-state index is 0.00678. The number of halogens is 1. The third-order valence-electron chi connectivity index (χ3n) is 8.44. The van der Waals surface area contributed by atoms with Crippen LogP contribution in [-0.4, -0.2) is 55.5 Å². The highest BCUT2D eigenvalue weighted by Crippen LogP contribution is 2.50. The Balaban J connectivity index is 1.50. The van der Waals surface area contributed by atoms with E-state index in [-0.39, 0.29) is 19.2 Å². The lowest BCUT2D eigenvalue weighted by atomic mass is 9.82. The van der Waals surface area contributed by atoms with Gasteiger partial charge in [0.1, 0.15) is 5.75 Å². The first-order chi connectivity index (χ1) is 21.6. The second-order valence-corrected chi connectivity index (χ2v) is 12.4. The van der Waals surface area contributed by atoms with Crippen molar-refractivity contribution >= 4 is 29.2 Å². The van der Waals surface area contributed by atoms with Gasteiger partial charge < -0.3 is 29.4 Å². The maximum absolute atomic E-state index is 13.7. The van der Waals surface area contributed by atoms with Gasteiger partial charge in [-0.25, -0.2) is 0 Å². The maximum Gasteiger partial charge on any atom is 0.309 e. The number of fused-ring (bicyclic) bond motifs is 1. The van der Waals surface area contributed by atoms with E-state index in [1.807, 2.05) is 67.3 Å². The van der Waals surface area contributed by atoms with E-state index in [9.17, 15) is 14.7 Å². The molecule has 5 rings (SSSR count). The number of nitrogens with one attached hydrogen (secondary N) is 1. The highest BCUT2D eigenvalue weighted by Gasteiger charge is 2.48. The van der Waals surface area contributed by atoms with Crippen molar-refractivity contribution in [2.75, 3.05) is 38.9 Å². The number of ether oxygens (including phenoxy) is 4. The monoisotopic (exact) mass is 636 g/mol. The zero-order chi connectivity index (χ0) is 32.2. The molecular formula is C35H41ClN2O7. The van der Waals surface area contributed by atoms with Crippen LogP contribution in [-0.2, 0) is 22.4 Å². The smallest absolute Gasteiger partial charge is 0.309 e. The Morgan fingerprint density at radius 2 is 1.73 bits per heavy atom. The first kappa shape index (κ1) is 32.4. The van der Waals surface area contributed by atoms with Crippen LogP contribution in [0.3, 0.4) is 0 Å². The number of aryl methyl sites for hydroxylation is 2. The molecule has 0 bridgehead atoms. The van der Waals surface area contributed by atoms with Crippen LogP contribution in [0.2, 0.25) is 5.02 Å². The lowest BCUT2D eigenvalue weighted by Gasteiger charge is -2.27. The van der Waals surface area contributed by atoms with Crippen molar-refractivity contribution in [1.82, 2.24) is 4.90 Å². The molecule has 240 valence electrons. The minimum atomic E-state index is -0.955. The standard InChI is InChI=1S/C35H41ClN2O7/c1-6-21-12-25(36)13-22(7-2)32(21)37-30(39)17-38-16-27(24-14-28(42-5)34-29(15-24)44-19-45-34)31(35(40)41)33(38)23-8-10-26(11-9-23)43-18-20(3)4/h8-15,20,27,31,33H,6-7,16-19H2,1-5H3,(H,37,39)(H,40,41)/t27-,31?,33+/m1/s1. The molecule has 3 atom stereocenters. The summed E-state index contributed by atoms with van der Waals surface area (Å²) >= 11 is 6.35. The molecular weight excluding hydrogens is 596 g/mol. The number of likely N-dealkylation sites (tertiary alicyclic amines) is 1. The molecule has 0 saturated carbocycles. The first-order valence-electron chi connectivity index (χ1n) is 15.4. The summed E-state index contributed by atoms with van der Waals surface area (Å²) in [6, 6.07) is 14.3. The van der Waals surface area contributed by atoms with Crippen molar-refractivity contribution in [2.24, 2.45) is 11.8 Å². The van der Waals surface area contributed by atoms with Crippen LogP contribution < -0.4 is 24.3 Å². The summed E-state index contributed by atoms with van der Waals surface area (Å²) in [6.07, 6.45) is 1.41. The molecule has 3 aromatic rings. The Hall–Kier alpha value is -3.95. The molecule has 45 heavy (non-hydrogen) atoms. The van der Waals surface area contributed by atoms with Gasteiger partial charge in [-0.05, 0) is 77.4 Å². The summed E-state index contributed by atoms with van der Waals surface area (Å²) in [5.74, 6) is 0.0527. The SMILES string of the molecule is CCc1cc(Cl)cc(CC)c1NC(=O)CN1C[C@H](c2cc(OC)c3c(c2)OCO3)C(C(=O)O)[C@@H]1c1ccc(OCC(C)C)cc1. The molecule has 2 aliphatic heterocycles. The molecule has 2 heterocycles. The highest BCUT2D eigenvalue weighted by molar-refractivity contribution is 6.30. The van der Waals surface area contributed by atoms with Crippen LogP contribution >= 0.6 is 11.6 Å². The number of amides is 1. The van der Waals surface area contributed by atoms with Crippen LogP contribution in [0.4, 0.5) is 5.69 Å². The molecule has 0 aliphatic carbocycles. The lowest BCUT2D eigenvalue weighted by molar-refractivity contribution is -0.143. The third-order valence-corrected chi connectivity index (χ3v) is 8.65. The quantitative estimate of drug-likeness (QED) is 0.226. The second-order valence-electron chi connectivity index (χ2n) is 11.9. The van der Waals surface area contributed by atoms with Gasteiger partial charge in [0.25, 0.3) is 0 Å². The zero-order valence-corrected chi connectivity index (χ0v) is 27.1. The van der Waals surface area contributed by atoms with Crippen molar-refractivity contribution in [3.63, 3.8) is 0 Å². The van der Waals surface area contributed by atoms with Crippen molar-refractivity contribution in [3.8, 4) is 23.0 Å². The Bertz CT molecular complexity index is 1520. The van der Waals surface area contributed by atoms with Gasteiger partial charge >= 0.3 is 5.97 Å². The predicted molar refractivity (Wildman–Crippen MR) is 173 cm³/mol. The summed E-state index contributed by atoms with van der Waals surface area (Å²) in [5.41, 5.74) is 4.21. The molecule has 1 amide bonds. The molecule has 9 nitrogen and oxygen atoms in total. The summed E-state index contributed by atoms with van der Waals surface area (Å²) in [5, 5.41) is 14.5. The largest absolute Gasteiger partial charge is 0.493 e. The van der Waals surface area contributed by atoms with Crippen molar-refractivity contribution in [3.05, 3.63) is 75.8 Å². The van der Waals surface area contributed by atoms with Crippen molar-refractivity contribution in [2.45, 2.75) is 52.5 Å². The van der Waals surface area contributed by atoms with Gasteiger partial charge in [-0.15, -0.1) is 0 Å². The fraction of sp³-hybridized carbons (Fsp3) is 0.429. The maximum atomic E-state index is 13.7. The van der Waals surface area contributed by atoms with E-state index in [1.54, 1.807) is 7.11 Å². The van der Waals surface area contributed by atoms with Gasteiger partial charge in [-0.2, -0.15) is 0 Å². The van der Waals surface area contributed by atoms with Gasteiger partial charge in [-0.3, -0.25) is 14.5 Å². The summed E-state index contributed by atoms with van der Waals surface area (Å²) in [6.45, 7) is 9.15. The van der Waals surface area contributed by atoms with Gasteiger partial charge in [0.15, 0.2) is 11.5 Å². The van der Waals surface area contributed by atoms with Gasteiger partial charge in [0, 0.05) is 29.2 Å². The van der Waals surface area contributed by atoms with E-state index < -0.39 is 23.8 Å². The summed E-state index contributed by atoms with van der Waals surface area (Å²) in [4.78, 5) is 28.8. The Morgan fingerprint density at radius 1 is 1.04 bits per heavy atom. The van der Waals surface area contributed by atoms with Crippen LogP contribution in [0.25, 0.3) is 0 Å². The fourth-order valence-corrected chi connectivity index (χ4v) is 6.59. The number of rotatable bonds is 12. The van der Waals surface area contributed by atoms with Gasteiger partial charge in [-0.1, -0.05) is 51.4 Å². The normalized spacial score (nSPS) is 19.1. The number of benzene rings is 3. The molecule has 3 aromatic carbocycles. The number of anilines is 1. The average molecular weight is 637 g/mol. The number of methoxy groups -OCH3 is 1. The number of hydrogen-bond acceptors (Lipinski definition) is 7. The number of carbonyl (C=O) groups excluding carboxylic acids is 1. The topological polar surface area (TPSA) is 107 Å².